The molecular weight excluding hydrogens is 608 g/mol. The summed E-state index contributed by atoms with van der Waals surface area (Å²) in [6.07, 6.45) is 0.432. The van der Waals surface area contributed by atoms with E-state index >= 15 is 0 Å². The van der Waals surface area contributed by atoms with Crippen LogP contribution >= 0.6 is 0 Å². The minimum absolute atomic E-state index is 0.0499. The summed E-state index contributed by atoms with van der Waals surface area (Å²) in [6, 6.07) is 7.98. The number of phenolic OH excluding ortho intramolecular Hbond substituents is 6. The third-order valence-electron chi connectivity index (χ3n) is 6.69. The maximum Gasteiger partial charge on any atom is 0.328 e. The van der Waals surface area contributed by atoms with Crippen LogP contribution in [0.4, 0.5) is 0 Å². The average Bonchev–Trinajstić information content (AvgIpc) is 3.01. The van der Waals surface area contributed by atoms with Crippen LogP contribution in [0.1, 0.15) is 50.3 Å². The number of phenols is 6. The van der Waals surface area contributed by atoms with Crippen LogP contribution in [0.3, 0.4) is 0 Å². The summed E-state index contributed by atoms with van der Waals surface area (Å²) in [5.74, 6) is -8.86. The summed E-state index contributed by atoms with van der Waals surface area (Å²) in [6.45, 7) is -0.592. The number of rotatable bonds is 14. The molecule has 0 heterocycles. The maximum absolute atomic E-state index is 13.1. The van der Waals surface area contributed by atoms with E-state index in [0.29, 0.717) is 0 Å². The minimum atomic E-state index is -1.70. The van der Waals surface area contributed by atoms with Crippen molar-refractivity contribution in [1.29, 1.82) is 0 Å². The Labute approximate surface area is 260 Å². The molecule has 11 N–H and O–H groups in total. The number of nitrogens with one attached hydrogen (secondary N) is 4. The molecule has 0 saturated heterocycles. The molecular formula is C30H32N4O12. The molecule has 1 unspecified atom stereocenters. The van der Waals surface area contributed by atoms with Crippen molar-refractivity contribution in [2.24, 2.45) is 0 Å². The van der Waals surface area contributed by atoms with Crippen molar-refractivity contribution >= 4 is 29.6 Å². The number of benzene rings is 3. The van der Waals surface area contributed by atoms with Gasteiger partial charge in [0.1, 0.15) is 12.1 Å². The fraction of sp³-hybridized carbons (Fsp3) is 0.233. The summed E-state index contributed by atoms with van der Waals surface area (Å²) < 4.78 is 0. The van der Waals surface area contributed by atoms with E-state index < -0.39 is 88.3 Å². The Morgan fingerprint density at radius 1 is 0.565 bits per heavy atom. The maximum atomic E-state index is 13.1. The molecule has 0 radical (unpaired) electrons. The molecule has 3 rings (SSSR count). The molecule has 0 fully saturated rings. The number of carboxylic acid groups (broad SMARTS) is 1. The number of para-hydroxylation sites is 3. The number of carbonyl (C=O) groups excluding carboxylic acids is 4. The van der Waals surface area contributed by atoms with Crippen molar-refractivity contribution in [1.82, 2.24) is 21.3 Å². The lowest BCUT2D eigenvalue weighted by molar-refractivity contribution is -0.139. The first-order valence-corrected chi connectivity index (χ1v) is 13.7. The monoisotopic (exact) mass is 640 g/mol. The van der Waals surface area contributed by atoms with Crippen molar-refractivity contribution in [2.45, 2.75) is 31.3 Å². The second kappa shape index (κ2) is 15.5. The highest BCUT2D eigenvalue weighted by molar-refractivity contribution is 6.01. The Kier molecular flexibility index (Phi) is 11.6. The van der Waals surface area contributed by atoms with Gasteiger partial charge >= 0.3 is 5.97 Å². The Balaban J connectivity index is 1.66. The number of hydrogen-bond acceptors (Lipinski definition) is 11. The first-order chi connectivity index (χ1) is 21.8. The van der Waals surface area contributed by atoms with Crippen molar-refractivity contribution < 1.29 is 59.7 Å². The van der Waals surface area contributed by atoms with E-state index in [0.717, 1.165) is 18.2 Å². The van der Waals surface area contributed by atoms with Gasteiger partial charge in [0.05, 0.1) is 16.7 Å². The van der Waals surface area contributed by atoms with Gasteiger partial charge in [-0.05, 0) is 55.7 Å². The molecule has 2 atom stereocenters. The molecule has 16 heteroatoms. The van der Waals surface area contributed by atoms with E-state index in [1.54, 1.807) is 0 Å². The zero-order valence-corrected chi connectivity index (χ0v) is 24.1. The Bertz CT molecular complexity index is 1630. The first-order valence-electron chi connectivity index (χ1n) is 13.7. The van der Waals surface area contributed by atoms with Gasteiger partial charge in [-0.2, -0.15) is 0 Å². The van der Waals surface area contributed by atoms with Gasteiger partial charge in [-0.25, -0.2) is 4.79 Å². The molecule has 3 aromatic carbocycles. The van der Waals surface area contributed by atoms with Gasteiger partial charge in [0, 0.05) is 13.1 Å². The molecule has 0 aliphatic heterocycles. The van der Waals surface area contributed by atoms with Crippen LogP contribution in [-0.4, -0.2) is 90.5 Å². The fourth-order valence-electron chi connectivity index (χ4n) is 4.18. The SMILES string of the molecule is O=C(NCCCCC(NC(=O)c1cccc(O)c1O)C(=O)NC[C@H](NC(=O)c1cccc(O)c1O)C(=O)O)c1cccc(O)c1O. The van der Waals surface area contributed by atoms with Crippen molar-refractivity contribution in [2.75, 3.05) is 13.1 Å². The van der Waals surface area contributed by atoms with E-state index in [9.17, 15) is 59.7 Å². The molecule has 0 bridgehead atoms. The molecule has 244 valence electrons. The van der Waals surface area contributed by atoms with Gasteiger partial charge in [-0.15, -0.1) is 0 Å². The molecule has 3 aromatic rings. The number of carboxylic acids is 1. The summed E-state index contributed by atoms with van der Waals surface area (Å²) in [5.41, 5.74) is -0.924. The normalized spacial score (nSPS) is 11.9. The Morgan fingerprint density at radius 3 is 1.46 bits per heavy atom. The van der Waals surface area contributed by atoms with Crippen LogP contribution in [-0.2, 0) is 9.59 Å². The number of carbonyl (C=O) groups is 5. The molecule has 46 heavy (non-hydrogen) atoms. The summed E-state index contributed by atoms with van der Waals surface area (Å²) >= 11 is 0. The van der Waals surface area contributed by atoms with Crippen LogP contribution in [0.15, 0.2) is 54.6 Å². The van der Waals surface area contributed by atoms with E-state index in [4.69, 9.17) is 0 Å². The van der Waals surface area contributed by atoms with Crippen LogP contribution < -0.4 is 21.3 Å². The molecule has 0 aromatic heterocycles. The predicted octanol–water partition coefficient (Wildman–Crippen LogP) is 0.618. The molecule has 0 saturated carbocycles. The Hall–Kier alpha value is -6.19. The highest BCUT2D eigenvalue weighted by Gasteiger charge is 2.27. The zero-order chi connectivity index (χ0) is 34.0. The topological polar surface area (TPSA) is 275 Å². The van der Waals surface area contributed by atoms with E-state index in [1.165, 1.54) is 36.4 Å². The van der Waals surface area contributed by atoms with Crippen LogP contribution in [0.25, 0.3) is 0 Å². The van der Waals surface area contributed by atoms with Crippen LogP contribution in [0.2, 0.25) is 0 Å². The lowest BCUT2D eigenvalue weighted by Crippen LogP contribution is -2.53. The number of hydrogen-bond donors (Lipinski definition) is 11. The quantitative estimate of drug-likeness (QED) is 0.0855. The van der Waals surface area contributed by atoms with E-state index in [1.807, 2.05) is 0 Å². The zero-order valence-electron chi connectivity index (χ0n) is 24.1. The van der Waals surface area contributed by atoms with Gasteiger partial charge in [-0.3, -0.25) is 19.2 Å². The predicted molar refractivity (Wildman–Crippen MR) is 159 cm³/mol. The number of unbranched alkanes of at least 4 members (excludes halogenated alkanes) is 1. The minimum Gasteiger partial charge on any atom is -0.504 e. The van der Waals surface area contributed by atoms with Crippen molar-refractivity contribution in [3.63, 3.8) is 0 Å². The lowest BCUT2D eigenvalue weighted by Gasteiger charge is -2.21. The van der Waals surface area contributed by atoms with E-state index in [-0.39, 0.29) is 36.9 Å². The number of amides is 4. The molecule has 0 aliphatic rings. The van der Waals surface area contributed by atoms with Crippen molar-refractivity contribution in [3.8, 4) is 34.5 Å². The third-order valence-corrected chi connectivity index (χ3v) is 6.69. The standard InChI is InChI=1S/C30H32N4O12/c35-20-10-3-6-15(23(20)38)26(41)31-13-2-1-9-18(33-27(42)16-7-4-11-21(36)24(16)39)29(44)32-14-19(30(45)46)34-28(43)17-8-5-12-22(37)25(17)40/h3-8,10-12,18-19,35-40H,1-2,9,13-14H2,(H,31,41)(H,32,44)(H,33,42)(H,34,43)(H,45,46)/t18?,19-/m0/s1. The molecule has 0 spiro atoms. The summed E-state index contributed by atoms with van der Waals surface area (Å²) in [5, 5.41) is 77.8. The average molecular weight is 641 g/mol. The number of aliphatic carboxylic acids is 1. The highest BCUT2D eigenvalue weighted by Crippen LogP contribution is 2.30. The molecule has 16 nitrogen and oxygen atoms in total. The van der Waals surface area contributed by atoms with Crippen molar-refractivity contribution in [3.05, 3.63) is 71.3 Å². The molecule has 0 aliphatic carbocycles. The number of aromatic hydroxyl groups is 6. The summed E-state index contributed by atoms with van der Waals surface area (Å²) in [4.78, 5) is 62.7. The van der Waals surface area contributed by atoms with Gasteiger partial charge in [0.25, 0.3) is 17.7 Å². The fourth-order valence-corrected chi connectivity index (χ4v) is 4.18. The lowest BCUT2D eigenvalue weighted by atomic mass is 10.1. The molecule has 4 amide bonds. The second-order valence-electron chi connectivity index (χ2n) is 9.91. The van der Waals surface area contributed by atoms with Gasteiger partial charge in [0.15, 0.2) is 34.5 Å². The third kappa shape index (κ3) is 8.68. The highest BCUT2D eigenvalue weighted by atomic mass is 16.4. The van der Waals surface area contributed by atoms with Gasteiger partial charge in [0.2, 0.25) is 5.91 Å². The second-order valence-corrected chi connectivity index (χ2v) is 9.91. The Morgan fingerprint density at radius 2 is 1.00 bits per heavy atom. The van der Waals surface area contributed by atoms with Crippen LogP contribution in [0.5, 0.6) is 34.5 Å². The smallest absolute Gasteiger partial charge is 0.328 e. The first kappa shape index (κ1) is 34.3. The van der Waals surface area contributed by atoms with Gasteiger partial charge < -0.3 is 57.0 Å². The summed E-state index contributed by atoms with van der Waals surface area (Å²) in [7, 11) is 0. The van der Waals surface area contributed by atoms with Crippen LogP contribution in [0, 0.1) is 0 Å². The van der Waals surface area contributed by atoms with E-state index in [2.05, 4.69) is 21.3 Å². The largest absolute Gasteiger partial charge is 0.504 e. The van der Waals surface area contributed by atoms with Gasteiger partial charge in [-0.1, -0.05) is 18.2 Å².